The second-order valence-electron chi connectivity index (χ2n) is 3.64. The minimum absolute atomic E-state index is 0.116. The largest absolute Gasteiger partial charge is 0.463 e. The zero-order chi connectivity index (χ0) is 14.2. The van der Waals surface area contributed by atoms with Crippen LogP contribution in [-0.4, -0.2) is 42.5 Å². The van der Waals surface area contributed by atoms with E-state index in [-0.39, 0.29) is 23.0 Å². The first-order valence-electron chi connectivity index (χ1n) is 5.14. The van der Waals surface area contributed by atoms with Crippen molar-refractivity contribution in [1.29, 1.82) is 0 Å². The Morgan fingerprint density at radius 3 is 2.74 bits per heavy atom. The molecule has 0 bridgehead atoms. The maximum absolute atomic E-state index is 11.3. The van der Waals surface area contributed by atoms with Crippen LogP contribution in [0.5, 0.6) is 0 Å². The zero-order valence-electron chi connectivity index (χ0n) is 10.4. The standard InChI is InChI=1S/C9H10N6O4/c1-5-6(15(17)18)8(13(2)11-5)14-4-10-7(12-14)9(16)19-3/h4H,1-3H3. The molecule has 0 saturated carbocycles. The predicted molar refractivity (Wildman–Crippen MR) is 60.9 cm³/mol. The number of aryl methyl sites for hydroxylation is 2. The van der Waals surface area contributed by atoms with Gasteiger partial charge in [-0.05, 0) is 6.92 Å². The van der Waals surface area contributed by atoms with E-state index >= 15 is 0 Å². The van der Waals surface area contributed by atoms with Crippen molar-refractivity contribution < 1.29 is 14.5 Å². The molecule has 0 N–H and O–H groups in total. The number of methoxy groups -OCH3 is 1. The van der Waals surface area contributed by atoms with Gasteiger partial charge in [0.05, 0.1) is 12.0 Å². The van der Waals surface area contributed by atoms with Crippen LogP contribution < -0.4 is 0 Å². The fourth-order valence-corrected chi connectivity index (χ4v) is 1.66. The Morgan fingerprint density at radius 2 is 2.16 bits per heavy atom. The molecule has 0 spiro atoms. The van der Waals surface area contributed by atoms with E-state index in [1.807, 2.05) is 0 Å². The lowest BCUT2D eigenvalue weighted by Gasteiger charge is -1.99. The second kappa shape index (κ2) is 4.48. The molecule has 19 heavy (non-hydrogen) atoms. The first-order chi connectivity index (χ1) is 8.95. The van der Waals surface area contributed by atoms with Gasteiger partial charge in [0, 0.05) is 7.05 Å². The molecule has 0 aliphatic carbocycles. The molecule has 0 aliphatic rings. The van der Waals surface area contributed by atoms with E-state index < -0.39 is 10.9 Å². The molecular formula is C9H10N6O4. The minimum Gasteiger partial charge on any atom is -0.463 e. The normalized spacial score (nSPS) is 10.5. The number of hydrogen-bond donors (Lipinski definition) is 0. The fourth-order valence-electron chi connectivity index (χ4n) is 1.66. The van der Waals surface area contributed by atoms with Crippen molar-refractivity contribution in [3.05, 3.63) is 28.0 Å². The third-order valence-electron chi connectivity index (χ3n) is 2.42. The third-order valence-corrected chi connectivity index (χ3v) is 2.42. The number of carbonyl (C=O) groups is 1. The lowest BCUT2D eigenvalue weighted by molar-refractivity contribution is -0.385. The van der Waals surface area contributed by atoms with Crippen LogP contribution in [0.15, 0.2) is 6.33 Å². The first-order valence-corrected chi connectivity index (χ1v) is 5.14. The van der Waals surface area contributed by atoms with Crippen molar-refractivity contribution in [2.75, 3.05) is 7.11 Å². The molecule has 0 radical (unpaired) electrons. The molecular weight excluding hydrogens is 256 g/mol. The number of hydrogen-bond acceptors (Lipinski definition) is 7. The van der Waals surface area contributed by atoms with Crippen LogP contribution in [0.1, 0.15) is 16.3 Å². The summed E-state index contributed by atoms with van der Waals surface area (Å²) in [5, 5.41) is 18.8. The molecule has 0 fully saturated rings. The van der Waals surface area contributed by atoms with Crippen LogP contribution in [0, 0.1) is 17.0 Å². The van der Waals surface area contributed by atoms with Crippen LogP contribution >= 0.6 is 0 Å². The van der Waals surface area contributed by atoms with Gasteiger partial charge in [-0.2, -0.15) is 9.78 Å². The summed E-state index contributed by atoms with van der Waals surface area (Å²) < 4.78 is 6.88. The number of ether oxygens (including phenoxy) is 1. The Kier molecular flexibility index (Phi) is 2.99. The number of esters is 1. The van der Waals surface area contributed by atoms with Gasteiger partial charge < -0.3 is 4.74 Å². The summed E-state index contributed by atoms with van der Waals surface area (Å²) >= 11 is 0. The van der Waals surface area contributed by atoms with Crippen molar-refractivity contribution in [3.8, 4) is 5.82 Å². The van der Waals surface area contributed by atoms with E-state index in [2.05, 4.69) is 19.9 Å². The number of rotatable bonds is 3. The van der Waals surface area contributed by atoms with Crippen molar-refractivity contribution >= 4 is 11.7 Å². The Labute approximate surface area is 106 Å². The highest BCUT2D eigenvalue weighted by Crippen LogP contribution is 2.25. The average Bonchev–Trinajstić information content (AvgIpc) is 2.92. The molecule has 100 valence electrons. The summed E-state index contributed by atoms with van der Waals surface area (Å²) in [4.78, 5) is 25.4. The van der Waals surface area contributed by atoms with Crippen molar-refractivity contribution in [2.45, 2.75) is 6.92 Å². The van der Waals surface area contributed by atoms with E-state index in [4.69, 9.17) is 0 Å². The summed E-state index contributed by atoms with van der Waals surface area (Å²) in [5.74, 6) is -0.791. The van der Waals surface area contributed by atoms with Crippen LogP contribution in [0.3, 0.4) is 0 Å². The Hall–Kier alpha value is -2.78. The smallest absolute Gasteiger partial charge is 0.377 e. The molecule has 2 aromatic rings. The lowest BCUT2D eigenvalue weighted by Crippen LogP contribution is -2.08. The molecule has 10 nitrogen and oxygen atoms in total. The van der Waals surface area contributed by atoms with Gasteiger partial charge in [-0.3, -0.25) is 10.1 Å². The van der Waals surface area contributed by atoms with Crippen LogP contribution in [0.2, 0.25) is 0 Å². The zero-order valence-corrected chi connectivity index (χ0v) is 10.4. The molecule has 0 amide bonds. The third kappa shape index (κ3) is 2.03. The molecule has 2 rings (SSSR count). The topological polar surface area (TPSA) is 118 Å². The maximum Gasteiger partial charge on any atom is 0.377 e. The van der Waals surface area contributed by atoms with E-state index in [0.717, 1.165) is 4.68 Å². The number of aromatic nitrogens is 5. The number of carbonyl (C=O) groups excluding carboxylic acids is 1. The summed E-state index contributed by atoms with van der Waals surface area (Å²) in [6.07, 6.45) is 1.19. The molecule has 0 aromatic carbocycles. The first kappa shape index (κ1) is 12.7. The van der Waals surface area contributed by atoms with Gasteiger partial charge in [0.2, 0.25) is 5.82 Å². The quantitative estimate of drug-likeness (QED) is 0.436. The average molecular weight is 266 g/mol. The van der Waals surface area contributed by atoms with Gasteiger partial charge in [-0.15, -0.1) is 5.10 Å². The predicted octanol–water partition coefficient (Wildman–Crippen LogP) is 0.00402. The van der Waals surface area contributed by atoms with Gasteiger partial charge in [-0.25, -0.2) is 14.5 Å². The van der Waals surface area contributed by atoms with Crippen LogP contribution in [0.4, 0.5) is 5.69 Å². The molecule has 0 saturated heterocycles. The van der Waals surface area contributed by atoms with E-state index in [1.165, 1.54) is 32.1 Å². The highest BCUT2D eigenvalue weighted by Gasteiger charge is 2.27. The number of nitrogens with zero attached hydrogens (tertiary/aromatic N) is 6. The van der Waals surface area contributed by atoms with Gasteiger partial charge in [0.25, 0.3) is 5.82 Å². The number of nitro groups is 1. The van der Waals surface area contributed by atoms with Gasteiger partial charge >= 0.3 is 11.7 Å². The maximum atomic E-state index is 11.3. The second-order valence-corrected chi connectivity index (χ2v) is 3.64. The molecule has 10 heteroatoms. The Bertz CT molecular complexity index is 658. The van der Waals surface area contributed by atoms with Crippen LogP contribution in [0.25, 0.3) is 5.82 Å². The van der Waals surface area contributed by atoms with Crippen molar-refractivity contribution in [1.82, 2.24) is 24.5 Å². The van der Waals surface area contributed by atoms with Crippen molar-refractivity contribution in [2.24, 2.45) is 7.05 Å². The molecule has 2 aromatic heterocycles. The van der Waals surface area contributed by atoms with Gasteiger partial charge in [0.15, 0.2) is 0 Å². The fraction of sp³-hybridized carbons (Fsp3) is 0.333. The van der Waals surface area contributed by atoms with Gasteiger partial charge in [0.1, 0.15) is 12.0 Å². The minimum atomic E-state index is -0.722. The highest BCUT2D eigenvalue weighted by molar-refractivity contribution is 5.84. The summed E-state index contributed by atoms with van der Waals surface area (Å²) in [5.41, 5.74) is 0.0569. The van der Waals surface area contributed by atoms with E-state index in [1.54, 1.807) is 0 Å². The van der Waals surface area contributed by atoms with Gasteiger partial charge in [-0.1, -0.05) is 0 Å². The molecule has 0 aliphatic heterocycles. The monoisotopic (exact) mass is 266 g/mol. The van der Waals surface area contributed by atoms with Crippen molar-refractivity contribution in [3.63, 3.8) is 0 Å². The molecule has 0 atom stereocenters. The van der Waals surface area contributed by atoms with E-state index in [9.17, 15) is 14.9 Å². The molecule has 2 heterocycles. The lowest BCUT2D eigenvalue weighted by atomic mass is 10.4. The summed E-state index contributed by atoms with van der Waals surface area (Å²) in [7, 11) is 2.73. The van der Waals surface area contributed by atoms with Crippen LogP contribution in [-0.2, 0) is 11.8 Å². The summed E-state index contributed by atoms with van der Waals surface area (Å²) in [6, 6.07) is 0. The van der Waals surface area contributed by atoms with E-state index in [0.29, 0.717) is 0 Å². The Morgan fingerprint density at radius 1 is 1.47 bits per heavy atom. The summed E-state index contributed by atoms with van der Waals surface area (Å²) in [6.45, 7) is 1.51. The molecule has 0 unspecified atom stereocenters. The highest BCUT2D eigenvalue weighted by atomic mass is 16.6. The SMILES string of the molecule is COC(=O)c1ncn(-c2c([N+](=O)[O-])c(C)nn2C)n1. The Balaban J connectivity index is 2.56.